The fraction of sp³-hybridized carbons (Fsp3) is 0.357. The van der Waals surface area contributed by atoms with Gasteiger partial charge < -0.3 is 19.9 Å². The van der Waals surface area contributed by atoms with E-state index in [4.69, 9.17) is 4.74 Å². The number of hydrogen-bond donors (Lipinski definition) is 2. The number of fused-ring (bicyclic) bond motifs is 3. The van der Waals surface area contributed by atoms with Crippen LogP contribution in [0.1, 0.15) is 46.4 Å². The summed E-state index contributed by atoms with van der Waals surface area (Å²) in [5, 5.41) is 8.30. The Bertz CT molecular complexity index is 1560. The van der Waals surface area contributed by atoms with Gasteiger partial charge in [0.1, 0.15) is 5.75 Å². The molecular weight excluding hydrogens is 470 g/mol. The van der Waals surface area contributed by atoms with Crippen LogP contribution in [0.25, 0.3) is 16.4 Å². The molecule has 2 N–H and O–H groups in total. The second-order valence-electron chi connectivity index (χ2n) is 10.1. The van der Waals surface area contributed by atoms with Gasteiger partial charge in [-0.2, -0.15) is 5.10 Å². The second kappa shape index (κ2) is 9.38. The molecule has 37 heavy (non-hydrogen) atoms. The van der Waals surface area contributed by atoms with Gasteiger partial charge in [-0.25, -0.2) is 4.52 Å². The second-order valence-corrected chi connectivity index (χ2v) is 10.1. The topological polar surface area (TPSA) is 109 Å². The zero-order valence-corrected chi connectivity index (χ0v) is 20.6. The van der Waals surface area contributed by atoms with Crippen LogP contribution in [-0.2, 0) is 0 Å². The molecule has 2 aliphatic rings. The molecule has 2 amide bonds. The molecule has 3 atom stereocenters. The van der Waals surface area contributed by atoms with Gasteiger partial charge in [0.25, 0.3) is 11.8 Å². The van der Waals surface area contributed by atoms with Crippen LogP contribution in [-0.4, -0.2) is 57.6 Å². The maximum atomic E-state index is 13.4. The van der Waals surface area contributed by atoms with Crippen LogP contribution in [0.15, 0.2) is 59.7 Å². The number of H-pyrrole nitrogens is 1. The summed E-state index contributed by atoms with van der Waals surface area (Å²) in [4.78, 5) is 42.9. The van der Waals surface area contributed by atoms with Gasteiger partial charge in [-0.15, -0.1) is 0 Å². The van der Waals surface area contributed by atoms with Crippen molar-refractivity contribution in [3.05, 3.63) is 76.3 Å². The average molecular weight is 500 g/mol. The number of carbonyl (C=O) groups excluding carboxylic acids is 2. The number of nitrogens with one attached hydrogen (secondary N) is 2. The first-order chi connectivity index (χ1) is 18.0. The first kappa shape index (κ1) is 23.3. The number of hydrogen-bond acceptors (Lipinski definition) is 5. The highest BCUT2D eigenvalue weighted by molar-refractivity contribution is 6.06. The Morgan fingerprint density at radius 3 is 2.84 bits per heavy atom. The number of pyridine rings is 2. The van der Waals surface area contributed by atoms with Crippen molar-refractivity contribution in [2.75, 3.05) is 20.2 Å². The molecule has 1 aromatic carbocycles. The minimum absolute atomic E-state index is 0.00567. The van der Waals surface area contributed by atoms with Crippen LogP contribution in [0.5, 0.6) is 5.75 Å². The van der Waals surface area contributed by atoms with E-state index in [9.17, 15) is 14.4 Å². The number of carbonyl (C=O) groups is 2. The Morgan fingerprint density at radius 1 is 1.08 bits per heavy atom. The van der Waals surface area contributed by atoms with Crippen molar-refractivity contribution in [1.29, 1.82) is 0 Å². The van der Waals surface area contributed by atoms with Gasteiger partial charge in [0.05, 0.1) is 24.4 Å². The van der Waals surface area contributed by atoms with Crippen molar-refractivity contribution in [1.82, 2.24) is 24.8 Å². The van der Waals surface area contributed by atoms with Gasteiger partial charge in [0, 0.05) is 53.9 Å². The third-order valence-corrected chi connectivity index (χ3v) is 7.96. The molecule has 0 radical (unpaired) electrons. The molecule has 4 aromatic rings. The van der Waals surface area contributed by atoms with Gasteiger partial charge in [0.2, 0.25) is 5.56 Å². The highest BCUT2D eigenvalue weighted by atomic mass is 16.5. The number of benzene rings is 1. The van der Waals surface area contributed by atoms with Gasteiger partial charge in [0.15, 0.2) is 0 Å². The van der Waals surface area contributed by atoms with E-state index < -0.39 is 0 Å². The summed E-state index contributed by atoms with van der Waals surface area (Å²) in [6.45, 7) is 1.42. The van der Waals surface area contributed by atoms with Crippen molar-refractivity contribution >= 4 is 28.2 Å². The molecule has 3 aromatic heterocycles. The summed E-state index contributed by atoms with van der Waals surface area (Å²) in [5.74, 6) is 1.47. The molecule has 9 heteroatoms. The molecule has 1 aliphatic heterocycles. The van der Waals surface area contributed by atoms with Crippen molar-refractivity contribution in [3.8, 4) is 5.75 Å². The molecule has 1 aliphatic carbocycles. The van der Waals surface area contributed by atoms with Gasteiger partial charge in [-0.1, -0.05) is 6.07 Å². The molecule has 0 spiro atoms. The van der Waals surface area contributed by atoms with E-state index in [1.54, 1.807) is 48.3 Å². The fourth-order valence-corrected chi connectivity index (χ4v) is 6.00. The van der Waals surface area contributed by atoms with Crippen LogP contribution < -0.4 is 15.6 Å². The number of rotatable bonds is 4. The predicted octanol–water partition coefficient (Wildman–Crippen LogP) is 3.25. The van der Waals surface area contributed by atoms with E-state index in [1.807, 2.05) is 17.0 Å². The average Bonchev–Trinajstić information content (AvgIpc) is 3.35. The summed E-state index contributed by atoms with van der Waals surface area (Å²) < 4.78 is 7.02. The Labute approximate surface area is 213 Å². The third kappa shape index (κ3) is 4.34. The standard InChI is InChI=1S/C28H29N5O4/c1-37-20-10-12-33-25(14-20)23(15-29-33)28(36)32-11-9-17-13-19(6-5-18(17)16-32)30-27(35)22-3-2-4-24-21(22)7-8-26(34)31-24/h2-4,7-8,10,12,14-15,17-19H,5-6,9,11,13,16H2,1H3,(H,30,35)(H,31,34). The van der Waals surface area contributed by atoms with E-state index >= 15 is 0 Å². The number of ether oxygens (including phenoxy) is 1. The molecule has 1 saturated heterocycles. The zero-order chi connectivity index (χ0) is 25.5. The fourth-order valence-electron chi connectivity index (χ4n) is 6.00. The molecular formula is C28H29N5O4. The summed E-state index contributed by atoms with van der Waals surface area (Å²) in [5.41, 5.74) is 2.38. The molecule has 190 valence electrons. The van der Waals surface area contributed by atoms with Crippen LogP contribution in [0.3, 0.4) is 0 Å². The molecule has 4 heterocycles. The first-order valence-corrected chi connectivity index (χ1v) is 12.7. The van der Waals surface area contributed by atoms with Crippen molar-refractivity contribution in [2.24, 2.45) is 11.8 Å². The number of nitrogens with zero attached hydrogens (tertiary/aromatic N) is 3. The number of methoxy groups -OCH3 is 1. The lowest BCUT2D eigenvalue weighted by Gasteiger charge is -2.43. The Hall–Kier alpha value is -4.14. The van der Waals surface area contributed by atoms with Crippen molar-refractivity contribution in [2.45, 2.75) is 31.7 Å². The van der Waals surface area contributed by atoms with Crippen LogP contribution in [0.2, 0.25) is 0 Å². The molecule has 3 unspecified atom stereocenters. The number of likely N-dealkylation sites (tertiary alicyclic amines) is 1. The largest absolute Gasteiger partial charge is 0.497 e. The van der Waals surface area contributed by atoms with E-state index in [2.05, 4.69) is 15.4 Å². The first-order valence-electron chi connectivity index (χ1n) is 12.7. The van der Waals surface area contributed by atoms with E-state index in [1.165, 1.54) is 6.07 Å². The van der Waals surface area contributed by atoms with Crippen LogP contribution in [0.4, 0.5) is 0 Å². The lowest BCUT2D eigenvalue weighted by Crippen LogP contribution is -2.49. The van der Waals surface area contributed by atoms with E-state index in [-0.39, 0.29) is 23.4 Å². The highest BCUT2D eigenvalue weighted by Crippen LogP contribution is 2.37. The molecule has 6 rings (SSSR count). The lowest BCUT2D eigenvalue weighted by atomic mass is 9.73. The summed E-state index contributed by atoms with van der Waals surface area (Å²) in [6, 6.07) is 12.3. The van der Waals surface area contributed by atoms with Gasteiger partial charge in [-0.3, -0.25) is 14.4 Å². The number of amides is 2. The van der Waals surface area contributed by atoms with E-state index in [0.717, 1.165) is 43.1 Å². The number of aromatic nitrogens is 3. The zero-order valence-electron chi connectivity index (χ0n) is 20.6. The van der Waals surface area contributed by atoms with Crippen molar-refractivity contribution < 1.29 is 14.3 Å². The third-order valence-electron chi connectivity index (χ3n) is 7.96. The van der Waals surface area contributed by atoms with Crippen LogP contribution in [0, 0.1) is 11.8 Å². The lowest BCUT2D eigenvalue weighted by molar-refractivity contribution is 0.0480. The minimum Gasteiger partial charge on any atom is -0.497 e. The highest BCUT2D eigenvalue weighted by Gasteiger charge is 2.37. The SMILES string of the molecule is COc1ccn2ncc(C(=O)N3CCC4CC(NC(=O)c5cccc6[nH]c(=O)ccc56)CCC4C3)c2c1. The molecule has 2 fully saturated rings. The van der Waals surface area contributed by atoms with Crippen molar-refractivity contribution in [3.63, 3.8) is 0 Å². The molecule has 0 bridgehead atoms. The Kier molecular flexibility index (Phi) is 5.90. The maximum Gasteiger partial charge on any atom is 0.257 e. The summed E-state index contributed by atoms with van der Waals surface area (Å²) in [6.07, 6.45) is 7.10. The normalized spacial score (nSPS) is 21.5. The molecule has 9 nitrogen and oxygen atoms in total. The van der Waals surface area contributed by atoms with E-state index in [0.29, 0.717) is 40.8 Å². The van der Waals surface area contributed by atoms with Crippen LogP contribution >= 0.6 is 0 Å². The summed E-state index contributed by atoms with van der Waals surface area (Å²) in [7, 11) is 1.61. The Morgan fingerprint density at radius 2 is 1.97 bits per heavy atom. The predicted molar refractivity (Wildman–Crippen MR) is 139 cm³/mol. The Balaban J connectivity index is 1.11. The number of aromatic amines is 1. The number of piperidine rings is 1. The van der Waals surface area contributed by atoms with Gasteiger partial charge in [-0.05, 0) is 61.8 Å². The minimum atomic E-state index is -0.186. The van der Waals surface area contributed by atoms with Gasteiger partial charge >= 0.3 is 0 Å². The molecule has 1 saturated carbocycles. The smallest absolute Gasteiger partial charge is 0.257 e. The monoisotopic (exact) mass is 499 g/mol. The summed E-state index contributed by atoms with van der Waals surface area (Å²) >= 11 is 0. The quantitative estimate of drug-likeness (QED) is 0.448. The maximum absolute atomic E-state index is 13.4.